The first-order chi connectivity index (χ1) is 12.7. The second-order valence-electron chi connectivity index (χ2n) is 8.04. The van der Waals surface area contributed by atoms with Crippen molar-refractivity contribution in [3.05, 3.63) is 29.3 Å². The largest absolute Gasteiger partial charge is 0.483 e. The molecule has 27 heavy (non-hydrogen) atoms. The summed E-state index contributed by atoms with van der Waals surface area (Å²) in [4.78, 5) is 28.1. The van der Waals surface area contributed by atoms with E-state index in [9.17, 15) is 9.59 Å². The zero-order valence-electron chi connectivity index (χ0n) is 17.2. The van der Waals surface area contributed by atoms with Crippen molar-refractivity contribution in [1.82, 2.24) is 9.80 Å². The lowest BCUT2D eigenvalue weighted by atomic mass is 9.85. The Kier molecular flexibility index (Phi) is 7.25. The summed E-state index contributed by atoms with van der Waals surface area (Å²) in [5, 5.41) is 0. The standard InChI is InChI=1S/C21H32N2O4/c1-16-6-7-18(17(14-16)21(2,3)4)27-15-20(25)23-11-9-22(10-12-23)19(24)8-13-26-5/h6-7,14H,8-13,15H2,1-5H3. The number of rotatable bonds is 6. The molecule has 1 aliphatic heterocycles. The first kappa shape index (κ1) is 21.2. The van der Waals surface area contributed by atoms with Gasteiger partial charge in [0.15, 0.2) is 6.61 Å². The Labute approximate surface area is 162 Å². The van der Waals surface area contributed by atoms with Gasteiger partial charge >= 0.3 is 0 Å². The molecule has 1 heterocycles. The quantitative estimate of drug-likeness (QED) is 0.765. The fourth-order valence-corrected chi connectivity index (χ4v) is 3.14. The Balaban J connectivity index is 1.88. The molecule has 0 N–H and O–H groups in total. The van der Waals surface area contributed by atoms with E-state index in [2.05, 4.69) is 33.8 Å². The van der Waals surface area contributed by atoms with Crippen LogP contribution < -0.4 is 4.74 Å². The highest BCUT2D eigenvalue weighted by atomic mass is 16.5. The third kappa shape index (κ3) is 5.96. The average molecular weight is 376 g/mol. The van der Waals surface area contributed by atoms with Gasteiger partial charge in [0, 0.05) is 33.3 Å². The summed E-state index contributed by atoms with van der Waals surface area (Å²) in [6, 6.07) is 6.05. The molecule has 2 amide bonds. The molecule has 1 aromatic carbocycles. The number of carbonyl (C=O) groups excluding carboxylic acids is 2. The molecule has 1 aromatic rings. The molecule has 0 atom stereocenters. The van der Waals surface area contributed by atoms with Gasteiger partial charge in [0.2, 0.25) is 5.91 Å². The lowest BCUT2D eigenvalue weighted by Crippen LogP contribution is -2.51. The Hall–Kier alpha value is -2.08. The number of amides is 2. The number of hydrogen-bond acceptors (Lipinski definition) is 4. The Bertz CT molecular complexity index is 659. The monoisotopic (exact) mass is 376 g/mol. The highest BCUT2D eigenvalue weighted by Crippen LogP contribution is 2.32. The van der Waals surface area contributed by atoms with Crippen molar-refractivity contribution in [1.29, 1.82) is 0 Å². The van der Waals surface area contributed by atoms with E-state index in [1.165, 1.54) is 5.56 Å². The van der Waals surface area contributed by atoms with Gasteiger partial charge < -0.3 is 19.3 Å². The van der Waals surface area contributed by atoms with Crippen LogP contribution in [-0.4, -0.2) is 68.1 Å². The van der Waals surface area contributed by atoms with Gasteiger partial charge in [-0.2, -0.15) is 0 Å². The van der Waals surface area contributed by atoms with Crippen LogP contribution in [0.3, 0.4) is 0 Å². The summed E-state index contributed by atoms with van der Waals surface area (Å²) < 4.78 is 10.8. The second-order valence-corrected chi connectivity index (χ2v) is 8.04. The van der Waals surface area contributed by atoms with Gasteiger partial charge in [0.25, 0.3) is 5.91 Å². The topological polar surface area (TPSA) is 59.1 Å². The summed E-state index contributed by atoms with van der Waals surface area (Å²) in [7, 11) is 1.59. The molecule has 0 unspecified atom stereocenters. The Morgan fingerprint density at radius 2 is 1.63 bits per heavy atom. The van der Waals surface area contributed by atoms with E-state index in [0.717, 1.165) is 11.3 Å². The predicted molar refractivity (Wildman–Crippen MR) is 105 cm³/mol. The average Bonchev–Trinajstić information content (AvgIpc) is 2.64. The van der Waals surface area contributed by atoms with E-state index in [1.54, 1.807) is 16.9 Å². The van der Waals surface area contributed by atoms with Crippen LogP contribution in [0.4, 0.5) is 0 Å². The van der Waals surface area contributed by atoms with Crippen molar-refractivity contribution in [2.24, 2.45) is 0 Å². The van der Waals surface area contributed by atoms with Crippen molar-refractivity contribution in [3.8, 4) is 5.75 Å². The SMILES string of the molecule is COCCC(=O)N1CCN(C(=O)COc2ccc(C)cc2C(C)(C)C)CC1. The number of methoxy groups -OCH3 is 1. The maximum absolute atomic E-state index is 12.5. The Morgan fingerprint density at radius 3 is 2.19 bits per heavy atom. The van der Waals surface area contributed by atoms with E-state index < -0.39 is 0 Å². The molecule has 150 valence electrons. The molecule has 1 saturated heterocycles. The van der Waals surface area contributed by atoms with Crippen LogP contribution in [0.15, 0.2) is 18.2 Å². The van der Waals surface area contributed by atoms with E-state index in [4.69, 9.17) is 9.47 Å². The van der Waals surface area contributed by atoms with E-state index in [1.807, 2.05) is 12.1 Å². The van der Waals surface area contributed by atoms with Crippen molar-refractivity contribution < 1.29 is 19.1 Å². The molecule has 1 fully saturated rings. The minimum atomic E-state index is -0.0570. The molecule has 0 radical (unpaired) electrons. The highest BCUT2D eigenvalue weighted by Gasteiger charge is 2.25. The number of nitrogens with zero attached hydrogens (tertiary/aromatic N) is 2. The molecule has 0 aromatic heterocycles. The first-order valence-corrected chi connectivity index (χ1v) is 9.51. The molecule has 6 heteroatoms. The molecular formula is C21H32N2O4. The zero-order valence-corrected chi connectivity index (χ0v) is 17.2. The van der Waals surface area contributed by atoms with Crippen molar-refractivity contribution in [2.75, 3.05) is 46.5 Å². The number of benzene rings is 1. The van der Waals surface area contributed by atoms with Crippen LogP contribution in [0.5, 0.6) is 5.75 Å². The van der Waals surface area contributed by atoms with Gasteiger partial charge in [-0.25, -0.2) is 0 Å². The third-order valence-corrected chi connectivity index (χ3v) is 4.80. The molecule has 2 rings (SSSR count). The van der Waals surface area contributed by atoms with Crippen LogP contribution in [0.25, 0.3) is 0 Å². The second kappa shape index (κ2) is 9.22. The van der Waals surface area contributed by atoms with Crippen molar-refractivity contribution >= 4 is 11.8 Å². The number of ether oxygens (including phenoxy) is 2. The van der Waals surface area contributed by atoms with Crippen molar-refractivity contribution in [3.63, 3.8) is 0 Å². The lowest BCUT2D eigenvalue weighted by molar-refractivity contribution is -0.141. The number of carbonyl (C=O) groups is 2. The maximum Gasteiger partial charge on any atom is 0.260 e. The summed E-state index contributed by atoms with van der Waals surface area (Å²) in [5.74, 6) is 0.795. The molecule has 0 saturated carbocycles. The minimum absolute atomic E-state index is 0.0176. The highest BCUT2D eigenvalue weighted by molar-refractivity contribution is 5.79. The maximum atomic E-state index is 12.5. The number of piperazine rings is 1. The fraction of sp³-hybridized carbons (Fsp3) is 0.619. The zero-order chi connectivity index (χ0) is 20.0. The van der Waals surface area contributed by atoms with Crippen LogP contribution in [0.1, 0.15) is 38.3 Å². The summed E-state index contributed by atoms with van der Waals surface area (Å²) >= 11 is 0. The van der Waals surface area contributed by atoms with Crippen LogP contribution in [-0.2, 0) is 19.7 Å². The lowest BCUT2D eigenvalue weighted by Gasteiger charge is -2.35. The summed E-state index contributed by atoms with van der Waals surface area (Å²) in [6.07, 6.45) is 0.385. The normalized spacial score (nSPS) is 15.0. The van der Waals surface area contributed by atoms with Crippen molar-refractivity contribution in [2.45, 2.75) is 39.5 Å². The van der Waals surface area contributed by atoms with Gasteiger partial charge in [-0.15, -0.1) is 0 Å². The molecule has 0 spiro atoms. The van der Waals surface area contributed by atoms with Gasteiger partial charge in [-0.3, -0.25) is 9.59 Å². The number of hydrogen-bond donors (Lipinski definition) is 0. The van der Waals surface area contributed by atoms with E-state index in [-0.39, 0.29) is 23.8 Å². The molecular weight excluding hydrogens is 344 g/mol. The predicted octanol–water partition coefficient (Wildman–Crippen LogP) is 2.38. The van der Waals surface area contributed by atoms with Crippen LogP contribution >= 0.6 is 0 Å². The van der Waals surface area contributed by atoms with Crippen LogP contribution in [0.2, 0.25) is 0 Å². The number of aryl methyl sites for hydroxylation is 1. The van der Waals surface area contributed by atoms with E-state index in [0.29, 0.717) is 39.2 Å². The van der Waals surface area contributed by atoms with Gasteiger partial charge in [0.1, 0.15) is 5.75 Å². The van der Waals surface area contributed by atoms with Gasteiger partial charge in [-0.05, 0) is 24.0 Å². The minimum Gasteiger partial charge on any atom is -0.483 e. The van der Waals surface area contributed by atoms with Gasteiger partial charge in [0.05, 0.1) is 13.0 Å². The summed E-state index contributed by atoms with van der Waals surface area (Å²) in [5.41, 5.74) is 2.22. The molecule has 1 aliphatic rings. The smallest absolute Gasteiger partial charge is 0.260 e. The Morgan fingerprint density at radius 1 is 1.04 bits per heavy atom. The first-order valence-electron chi connectivity index (χ1n) is 9.51. The van der Waals surface area contributed by atoms with E-state index >= 15 is 0 Å². The molecule has 0 aliphatic carbocycles. The summed E-state index contributed by atoms with van der Waals surface area (Å²) in [6.45, 7) is 11.1. The third-order valence-electron chi connectivity index (χ3n) is 4.80. The molecule has 0 bridgehead atoms. The fourth-order valence-electron chi connectivity index (χ4n) is 3.14. The van der Waals surface area contributed by atoms with Gasteiger partial charge in [-0.1, -0.05) is 38.5 Å². The van der Waals surface area contributed by atoms with Crippen LogP contribution in [0, 0.1) is 6.92 Å². The molecule has 6 nitrogen and oxygen atoms in total.